The number of sulfonamides is 1. The fourth-order valence-electron chi connectivity index (χ4n) is 3.56. The van der Waals surface area contributed by atoms with Gasteiger partial charge < -0.3 is 5.32 Å². The maximum absolute atomic E-state index is 13.0. The van der Waals surface area contributed by atoms with Gasteiger partial charge in [-0.1, -0.05) is 0 Å². The van der Waals surface area contributed by atoms with Crippen LogP contribution in [0, 0.1) is 12.3 Å². The quantitative estimate of drug-likeness (QED) is 0.861. The third-order valence-electron chi connectivity index (χ3n) is 5.07. The minimum absolute atomic E-state index is 0.0561. The Balaban J connectivity index is 1.86. The topological polar surface area (TPSA) is 66.5 Å². The molecule has 2 heterocycles. The summed E-state index contributed by atoms with van der Waals surface area (Å²) in [5.41, 5.74) is -1.28. The zero-order chi connectivity index (χ0) is 18.5. The predicted octanol–water partition coefficient (Wildman–Crippen LogP) is 2.30. The SMILES string of the molecule is Cc1cc(C(F)(F)F)cc(S(=O)(=O)N2CCC3(CCNC3=O)CC2)c1. The molecule has 0 atom stereocenters. The van der Waals surface area contributed by atoms with Gasteiger partial charge in [0.1, 0.15) is 0 Å². The highest BCUT2D eigenvalue weighted by atomic mass is 32.2. The van der Waals surface area contributed by atoms with E-state index in [0.717, 1.165) is 6.07 Å². The molecule has 1 aromatic rings. The highest BCUT2D eigenvalue weighted by Gasteiger charge is 2.46. The predicted molar refractivity (Wildman–Crippen MR) is 84.2 cm³/mol. The first-order chi connectivity index (χ1) is 11.5. The van der Waals surface area contributed by atoms with Crippen molar-refractivity contribution in [2.24, 2.45) is 5.41 Å². The van der Waals surface area contributed by atoms with Crippen molar-refractivity contribution >= 4 is 15.9 Å². The number of carbonyl (C=O) groups excluding carboxylic acids is 1. The van der Waals surface area contributed by atoms with Crippen molar-refractivity contribution in [2.75, 3.05) is 19.6 Å². The molecule has 9 heteroatoms. The third kappa shape index (κ3) is 3.27. The molecule has 25 heavy (non-hydrogen) atoms. The molecule has 1 amide bonds. The van der Waals surface area contributed by atoms with Crippen molar-refractivity contribution in [3.05, 3.63) is 29.3 Å². The molecule has 2 aliphatic heterocycles. The van der Waals surface area contributed by atoms with Crippen LogP contribution in [0.15, 0.2) is 23.1 Å². The van der Waals surface area contributed by atoms with E-state index in [2.05, 4.69) is 5.32 Å². The smallest absolute Gasteiger partial charge is 0.356 e. The van der Waals surface area contributed by atoms with Crippen molar-refractivity contribution in [1.82, 2.24) is 9.62 Å². The number of halogens is 3. The molecule has 1 N–H and O–H groups in total. The maximum Gasteiger partial charge on any atom is 0.416 e. The van der Waals surface area contributed by atoms with E-state index in [1.165, 1.54) is 17.3 Å². The van der Waals surface area contributed by atoms with Crippen LogP contribution >= 0.6 is 0 Å². The molecule has 2 fully saturated rings. The van der Waals surface area contributed by atoms with E-state index in [-0.39, 0.29) is 29.5 Å². The van der Waals surface area contributed by atoms with E-state index in [1.807, 2.05) is 0 Å². The lowest BCUT2D eigenvalue weighted by Crippen LogP contribution is -2.46. The van der Waals surface area contributed by atoms with Crippen LogP contribution < -0.4 is 5.32 Å². The molecule has 3 rings (SSSR count). The van der Waals surface area contributed by atoms with Gasteiger partial charge >= 0.3 is 6.18 Å². The van der Waals surface area contributed by atoms with Crippen LogP contribution in [-0.4, -0.2) is 38.3 Å². The Bertz CT molecular complexity index is 797. The van der Waals surface area contributed by atoms with Gasteiger partial charge in [0.25, 0.3) is 0 Å². The summed E-state index contributed by atoms with van der Waals surface area (Å²) in [4.78, 5) is 11.6. The number of benzene rings is 1. The molecule has 0 unspecified atom stereocenters. The molecule has 1 spiro atoms. The minimum atomic E-state index is -4.61. The largest absolute Gasteiger partial charge is 0.416 e. The minimum Gasteiger partial charge on any atom is -0.356 e. The highest BCUT2D eigenvalue weighted by Crippen LogP contribution is 2.40. The lowest BCUT2D eigenvalue weighted by molar-refractivity contribution is -0.137. The van der Waals surface area contributed by atoms with Crippen molar-refractivity contribution < 1.29 is 26.4 Å². The van der Waals surface area contributed by atoms with Gasteiger partial charge in [-0.25, -0.2) is 8.42 Å². The number of aryl methyl sites for hydroxylation is 1. The first kappa shape index (κ1) is 18.2. The van der Waals surface area contributed by atoms with Gasteiger partial charge in [-0.3, -0.25) is 4.79 Å². The maximum atomic E-state index is 13.0. The number of hydrogen-bond acceptors (Lipinski definition) is 3. The Morgan fingerprint density at radius 3 is 2.28 bits per heavy atom. The molecular weight excluding hydrogens is 357 g/mol. The summed E-state index contributed by atoms with van der Waals surface area (Å²) >= 11 is 0. The van der Waals surface area contributed by atoms with Crippen LogP contribution in [0.4, 0.5) is 13.2 Å². The monoisotopic (exact) mass is 376 g/mol. The molecule has 0 saturated carbocycles. The number of nitrogens with zero attached hydrogens (tertiary/aromatic N) is 1. The highest BCUT2D eigenvalue weighted by molar-refractivity contribution is 7.89. The summed E-state index contributed by atoms with van der Waals surface area (Å²) in [5.74, 6) is -0.0561. The first-order valence-corrected chi connectivity index (χ1v) is 9.46. The summed E-state index contributed by atoms with van der Waals surface area (Å²) in [6.07, 6.45) is -3.17. The fourth-order valence-corrected chi connectivity index (χ4v) is 5.13. The number of alkyl halides is 3. The molecule has 2 aliphatic rings. The van der Waals surface area contributed by atoms with Gasteiger partial charge in [-0.05, 0) is 49.9 Å². The molecular formula is C16H19F3N2O3S. The van der Waals surface area contributed by atoms with Gasteiger partial charge in [-0.2, -0.15) is 17.5 Å². The Kier molecular flexibility index (Phi) is 4.35. The summed E-state index contributed by atoms with van der Waals surface area (Å²) in [5, 5.41) is 2.76. The standard InChI is InChI=1S/C16H19F3N2O3S/c1-11-8-12(16(17,18)19)10-13(9-11)25(23,24)21-6-3-15(4-7-21)2-5-20-14(15)22/h8-10H,2-7H2,1H3,(H,20,22). The summed E-state index contributed by atoms with van der Waals surface area (Å²) in [6, 6.07) is 2.85. The van der Waals surface area contributed by atoms with E-state index < -0.39 is 27.2 Å². The van der Waals surface area contributed by atoms with Crippen LogP contribution in [0.25, 0.3) is 0 Å². The molecule has 2 saturated heterocycles. The zero-order valence-electron chi connectivity index (χ0n) is 13.7. The Morgan fingerprint density at radius 2 is 1.76 bits per heavy atom. The Labute approximate surface area is 144 Å². The second kappa shape index (κ2) is 5.98. The molecule has 0 aromatic heterocycles. The average molecular weight is 376 g/mol. The van der Waals surface area contributed by atoms with Crippen LogP contribution in [0.1, 0.15) is 30.4 Å². The van der Waals surface area contributed by atoms with Crippen molar-refractivity contribution in [2.45, 2.75) is 37.3 Å². The molecule has 5 nitrogen and oxygen atoms in total. The van der Waals surface area contributed by atoms with Gasteiger partial charge in [0.05, 0.1) is 15.9 Å². The zero-order valence-corrected chi connectivity index (χ0v) is 14.5. The van der Waals surface area contributed by atoms with Crippen molar-refractivity contribution in [3.8, 4) is 0 Å². The fraction of sp³-hybridized carbons (Fsp3) is 0.562. The van der Waals surface area contributed by atoms with E-state index in [1.54, 1.807) is 0 Å². The summed E-state index contributed by atoms with van der Waals surface area (Å²) in [6.45, 7) is 2.27. The van der Waals surface area contributed by atoms with Gasteiger partial charge in [0.2, 0.25) is 15.9 Å². The third-order valence-corrected chi connectivity index (χ3v) is 6.94. The lowest BCUT2D eigenvalue weighted by Gasteiger charge is -2.36. The van der Waals surface area contributed by atoms with E-state index >= 15 is 0 Å². The van der Waals surface area contributed by atoms with Crippen LogP contribution in [0.3, 0.4) is 0 Å². The molecule has 1 aromatic carbocycles. The number of rotatable bonds is 2. The normalized spacial score (nSPS) is 21.5. The van der Waals surface area contributed by atoms with Crippen molar-refractivity contribution in [1.29, 1.82) is 0 Å². The van der Waals surface area contributed by atoms with E-state index in [4.69, 9.17) is 0 Å². The van der Waals surface area contributed by atoms with Crippen LogP contribution in [0.5, 0.6) is 0 Å². The van der Waals surface area contributed by atoms with Crippen LogP contribution in [0.2, 0.25) is 0 Å². The number of piperidine rings is 1. The first-order valence-electron chi connectivity index (χ1n) is 8.02. The Hall–Kier alpha value is -1.61. The number of nitrogens with one attached hydrogen (secondary N) is 1. The summed E-state index contributed by atoms with van der Waals surface area (Å²) < 4.78 is 65.6. The number of hydrogen-bond donors (Lipinski definition) is 1. The molecule has 138 valence electrons. The second-order valence-electron chi connectivity index (χ2n) is 6.72. The van der Waals surface area contributed by atoms with E-state index in [9.17, 15) is 26.4 Å². The lowest BCUT2D eigenvalue weighted by atomic mass is 9.78. The molecule has 0 bridgehead atoms. The number of carbonyl (C=O) groups is 1. The van der Waals surface area contributed by atoms with Gasteiger partial charge in [-0.15, -0.1) is 0 Å². The Morgan fingerprint density at radius 1 is 1.12 bits per heavy atom. The van der Waals surface area contributed by atoms with Gasteiger partial charge in [0.15, 0.2) is 0 Å². The van der Waals surface area contributed by atoms with Gasteiger partial charge in [0, 0.05) is 19.6 Å². The van der Waals surface area contributed by atoms with E-state index in [0.29, 0.717) is 31.9 Å². The average Bonchev–Trinajstić information content (AvgIpc) is 2.87. The second-order valence-corrected chi connectivity index (χ2v) is 8.66. The molecule has 0 aliphatic carbocycles. The number of amides is 1. The van der Waals surface area contributed by atoms with Crippen molar-refractivity contribution in [3.63, 3.8) is 0 Å². The van der Waals surface area contributed by atoms with Crippen LogP contribution in [-0.2, 0) is 21.0 Å². The summed E-state index contributed by atoms with van der Waals surface area (Å²) in [7, 11) is -4.03. The molecule has 0 radical (unpaired) electrons.